The molecule has 1 aromatic carbocycles. The molecule has 0 aromatic heterocycles. The van der Waals surface area contributed by atoms with Crippen molar-refractivity contribution in [3.63, 3.8) is 0 Å². The molecule has 2 rings (SSSR count). The van der Waals surface area contributed by atoms with E-state index in [4.69, 9.17) is 0 Å². The molecule has 4 heteroatoms. The highest BCUT2D eigenvalue weighted by atomic mass is 16.4. The lowest BCUT2D eigenvalue weighted by Crippen LogP contribution is -2.40. The van der Waals surface area contributed by atoms with E-state index in [1.54, 1.807) is 11.0 Å². The molecule has 1 aromatic rings. The summed E-state index contributed by atoms with van der Waals surface area (Å²) in [6.45, 7) is 4.34. The molecule has 0 bridgehead atoms. The number of benzene rings is 1. The molecular weight excluding hydrogens is 242 g/mol. The van der Waals surface area contributed by atoms with Crippen LogP contribution in [0.2, 0.25) is 0 Å². The molecule has 0 fully saturated rings. The average molecular weight is 259 g/mol. The van der Waals surface area contributed by atoms with E-state index in [-0.39, 0.29) is 12.5 Å². The third-order valence-corrected chi connectivity index (χ3v) is 3.41. The lowest BCUT2D eigenvalue weighted by Gasteiger charge is -2.32. The topological polar surface area (TPSA) is 57.6 Å². The fraction of sp³-hybridized carbons (Fsp3) is 0.333. The van der Waals surface area contributed by atoms with E-state index in [0.717, 1.165) is 11.1 Å². The van der Waals surface area contributed by atoms with Gasteiger partial charge in [0, 0.05) is 19.5 Å². The smallest absolute Gasteiger partial charge is 0.312 e. The van der Waals surface area contributed by atoms with Gasteiger partial charge in [-0.1, -0.05) is 30.3 Å². The highest BCUT2D eigenvalue weighted by molar-refractivity contribution is 5.81. The minimum atomic E-state index is -0.881. The van der Waals surface area contributed by atoms with Crippen LogP contribution in [0.3, 0.4) is 0 Å². The highest BCUT2D eigenvalue weighted by Crippen LogP contribution is 2.28. The standard InChI is InChI=1S/C15H17NO3/c1-2-3-8-14(17)16-9-11-6-4-5-7-12(11)13(10-16)15(18)19/h2,4-7,13H,1,3,8-10H2,(H,18,19). The summed E-state index contributed by atoms with van der Waals surface area (Å²) in [5.41, 5.74) is 1.75. The first-order chi connectivity index (χ1) is 9.13. The largest absolute Gasteiger partial charge is 0.481 e. The normalized spacial score (nSPS) is 17.7. The molecule has 1 aliphatic heterocycles. The fourth-order valence-corrected chi connectivity index (χ4v) is 2.39. The van der Waals surface area contributed by atoms with Gasteiger partial charge in [0.15, 0.2) is 0 Å². The van der Waals surface area contributed by atoms with Crippen LogP contribution in [0, 0.1) is 0 Å². The van der Waals surface area contributed by atoms with Gasteiger partial charge in [-0.15, -0.1) is 6.58 Å². The van der Waals surface area contributed by atoms with E-state index in [9.17, 15) is 14.7 Å². The Labute approximate surface area is 112 Å². The summed E-state index contributed by atoms with van der Waals surface area (Å²) in [6, 6.07) is 7.43. The van der Waals surface area contributed by atoms with Crippen molar-refractivity contribution < 1.29 is 14.7 Å². The Morgan fingerprint density at radius 3 is 2.84 bits per heavy atom. The van der Waals surface area contributed by atoms with Gasteiger partial charge < -0.3 is 10.0 Å². The average Bonchev–Trinajstić information content (AvgIpc) is 2.43. The molecule has 19 heavy (non-hydrogen) atoms. The van der Waals surface area contributed by atoms with Crippen molar-refractivity contribution in [1.82, 2.24) is 4.90 Å². The zero-order valence-corrected chi connectivity index (χ0v) is 10.7. The Hall–Kier alpha value is -2.10. The first-order valence-corrected chi connectivity index (χ1v) is 6.32. The molecule has 1 aliphatic rings. The second-order valence-corrected chi connectivity index (χ2v) is 4.69. The molecule has 4 nitrogen and oxygen atoms in total. The van der Waals surface area contributed by atoms with Gasteiger partial charge in [-0.3, -0.25) is 9.59 Å². The van der Waals surface area contributed by atoms with Gasteiger partial charge in [0.1, 0.15) is 0 Å². The number of aliphatic carboxylic acids is 1. The van der Waals surface area contributed by atoms with E-state index in [1.807, 2.05) is 24.3 Å². The van der Waals surface area contributed by atoms with Crippen molar-refractivity contribution in [1.29, 1.82) is 0 Å². The van der Waals surface area contributed by atoms with Gasteiger partial charge in [0.25, 0.3) is 0 Å². The van der Waals surface area contributed by atoms with E-state index >= 15 is 0 Å². The SMILES string of the molecule is C=CCCC(=O)N1Cc2ccccc2C(C(=O)O)C1. The summed E-state index contributed by atoms with van der Waals surface area (Å²) in [6.07, 6.45) is 2.71. The van der Waals surface area contributed by atoms with Crippen molar-refractivity contribution >= 4 is 11.9 Å². The van der Waals surface area contributed by atoms with E-state index < -0.39 is 11.9 Å². The van der Waals surface area contributed by atoms with Crippen LogP contribution in [-0.4, -0.2) is 28.4 Å². The van der Waals surface area contributed by atoms with Crippen LogP contribution in [0.25, 0.3) is 0 Å². The van der Waals surface area contributed by atoms with Gasteiger partial charge in [0.05, 0.1) is 5.92 Å². The number of amides is 1. The molecule has 0 saturated carbocycles. The maximum atomic E-state index is 12.0. The third-order valence-electron chi connectivity index (χ3n) is 3.41. The maximum Gasteiger partial charge on any atom is 0.312 e. The van der Waals surface area contributed by atoms with Gasteiger partial charge >= 0.3 is 5.97 Å². The Morgan fingerprint density at radius 2 is 2.16 bits per heavy atom. The minimum Gasteiger partial charge on any atom is -0.481 e. The second kappa shape index (κ2) is 5.69. The van der Waals surface area contributed by atoms with Gasteiger partial charge in [-0.2, -0.15) is 0 Å². The maximum absolute atomic E-state index is 12.0. The number of carboxylic acid groups (broad SMARTS) is 1. The van der Waals surface area contributed by atoms with Gasteiger partial charge in [-0.05, 0) is 17.5 Å². The van der Waals surface area contributed by atoms with E-state index in [0.29, 0.717) is 19.4 Å². The Balaban J connectivity index is 2.22. The van der Waals surface area contributed by atoms with Crippen molar-refractivity contribution in [3.05, 3.63) is 48.0 Å². The predicted octanol–water partition coefficient (Wildman–Crippen LogP) is 2.16. The molecule has 1 heterocycles. The molecule has 0 saturated heterocycles. The zero-order valence-electron chi connectivity index (χ0n) is 10.7. The molecule has 100 valence electrons. The highest BCUT2D eigenvalue weighted by Gasteiger charge is 2.31. The van der Waals surface area contributed by atoms with Crippen molar-refractivity contribution in [2.45, 2.75) is 25.3 Å². The zero-order chi connectivity index (χ0) is 13.8. The number of fused-ring (bicyclic) bond motifs is 1. The number of carboxylic acids is 1. The summed E-state index contributed by atoms with van der Waals surface area (Å²) >= 11 is 0. The fourth-order valence-electron chi connectivity index (χ4n) is 2.39. The van der Waals surface area contributed by atoms with Crippen molar-refractivity contribution in [2.24, 2.45) is 0 Å². The van der Waals surface area contributed by atoms with Crippen LogP contribution in [0.1, 0.15) is 29.9 Å². The van der Waals surface area contributed by atoms with Crippen LogP contribution < -0.4 is 0 Å². The molecule has 1 atom stereocenters. The molecule has 0 spiro atoms. The minimum absolute atomic E-state index is 0.0133. The molecule has 1 unspecified atom stereocenters. The van der Waals surface area contributed by atoms with Crippen LogP contribution in [0.15, 0.2) is 36.9 Å². The van der Waals surface area contributed by atoms with Crippen LogP contribution in [-0.2, 0) is 16.1 Å². The lowest BCUT2D eigenvalue weighted by atomic mass is 9.89. The number of hydrogen-bond acceptors (Lipinski definition) is 2. The monoisotopic (exact) mass is 259 g/mol. The first-order valence-electron chi connectivity index (χ1n) is 6.32. The summed E-state index contributed by atoms with van der Waals surface area (Å²) in [5, 5.41) is 9.31. The molecule has 1 amide bonds. The quantitative estimate of drug-likeness (QED) is 0.843. The number of rotatable bonds is 4. The lowest BCUT2D eigenvalue weighted by molar-refractivity contribution is -0.141. The number of carbonyl (C=O) groups excluding carboxylic acids is 1. The number of hydrogen-bond donors (Lipinski definition) is 1. The summed E-state index contributed by atoms with van der Waals surface area (Å²) in [7, 11) is 0. The second-order valence-electron chi connectivity index (χ2n) is 4.69. The van der Waals surface area contributed by atoms with E-state index in [1.165, 1.54) is 0 Å². The number of nitrogens with zero attached hydrogens (tertiary/aromatic N) is 1. The predicted molar refractivity (Wildman–Crippen MR) is 71.7 cm³/mol. The Kier molecular flexibility index (Phi) is 4.00. The third kappa shape index (κ3) is 2.84. The van der Waals surface area contributed by atoms with Crippen molar-refractivity contribution in [3.8, 4) is 0 Å². The van der Waals surface area contributed by atoms with Gasteiger partial charge in [0.2, 0.25) is 5.91 Å². The first kappa shape index (κ1) is 13.3. The van der Waals surface area contributed by atoms with Crippen molar-refractivity contribution in [2.75, 3.05) is 6.54 Å². The summed E-state index contributed by atoms with van der Waals surface area (Å²) in [5.74, 6) is -1.52. The molecule has 1 N–H and O–H groups in total. The summed E-state index contributed by atoms with van der Waals surface area (Å²) in [4.78, 5) is 25.0. The Morgan fingerprint density at radius 1 is 1.42 bits per heavy atom. The van der Waals surface area contributed by atoms with Crippen LogP contribution in [0.5, 0.6) is 0 Å². The molecular formula is C15H17NO3. The number of allylic oxidation sites excluding steroid dienone is 1. The van der Waals surface area contributed by atoms with E-state index in [2.05, 4.69) is 6.58 Å². The summed E-state index contributed by atoms with van der Waals surface area (Å²) < 4.78 is 0. The Bertz CT molecular complexity index is 510. The molecule has 0 aliphatic carbocycles. The molecule has 0 radical (unpaired) electrons. The van der Waals surface area contributed by atoms with Gasteiger partial charge in [-0.25, -0.2) is 0 Å². The van der Waals surface area contributed by atoms with Crippen LogP contribution >= 0.6 is 0 Å². The van der Waals surface area contributed by atoms with Crippen LogP contribution in [0.4, 0.5) is 0 Å². The number of carbonyl (C=O) groups is 2.